The molecule has 12 aromatic heterocycles. The predicted molar refractivity (Wildman–Crippen MR) is 408 cm³/mol. The minimum absolute atomic E-state index is 0.957. The van der Waals surface area contributed by atoms with Crippen LogP contribution in [-0.4, -0.2) is 54.7 Å². The third-order valence-corrected chi connectivity index (χ3v) is 21.7. The van der Waals surface area contributed by atoms with Gasteiger partial charge in [-0.1, -0.05) is 140 Å². The van der Waals surface area contributed by atoms with Crippen molar-refractivity contribution in [3.63, 3.8) is 0 Å². The zero-order valence-electron chi connectivity index (χ0n) is 59.7. The number of furan rings is 1. The van der Waals surface area contributed by atoms with Crippen molar-refractivity contribution in [2.45, 2.75) is 76.2 Å². The lowest BCUT2D eigenvalue weighted by Crippen LogP contribution is -1.97. The first-order valence-electron chi connectivity index (χ1n) is 33.5. The van der Waals surface area contributed by atoms with Crippen molar-refractivity contribution in [1.29, 1.82) is 0 Å². The zero-order chi connectivity index (χ0) is 68.3. The first kappa shape index (κ1) is 63.3. The maximum Gasteiger partial charge on any atom is 0.215 e. The van der Waals surface area contributed by atoms with E-state index in [-0.39, 0.29) is 0 Å². The number of aromatic nitrogens is 12. The summed E-state index contributed by atoms with van der Waals surface area (Å²) >= 11 is 0. The van der Waals surface area contributed by atoms with E-state index in [4.69, 9.17) is 4.42 Å². The Bertz CT molecular complexity index is 5840. The van der Waals surface area contributed by atoms with Crippen molar-refractivity contribution in [1.82, 2.24) is 54.7 Å². The molecule has 0 aliphatic rings. The van der Waals surface area contributed by atoms with Gasteiger partial charge in [-0.05, 0) is 135 Å². The van der Waals surface area contributed by atoms with Gasteiger partial charge in [0.05, 0.1) is 55.4 Å². The number of aryl methyl sites for hydroxylation is 13. The summed E-state index contributed by atoms with van der Waals surface area (Å²) in [5, 5.41) is 10.5. The topological polar surface area (TPSA) is 78.7 Å². The van der Waals surface area contributed by atoms with E-state index in [0.717, 1.165) is 28.2 Å². The van der Waals surface area contributed by atoms with Gasteiger partial charge in [0.25, 0.3) is 0 Å². The molecule has 97 heavy (non-hydrogen) atoms. The molecule has 0 saturated heterocycles. The van der Waals surface area contributed by atoms with E-state index in [2.05, 4.69) is 351 Å². The van der Waals surface area contributed by atoms with Crippen LogP contribution in [0.5, 0.6) is 0 Å². The third-order valence-electron chi connectivity index (χ3n) is 21.7. The van der Waals surface area contributed by atoms with Gasteiger partial charge in [-0.3, -0.25) is 8.80 Å². The van der Waals surface area contributed by atoms with Crippen molar-refractivity contribution in [2.24, 2.45) is 56.4 Å². The number of fused-ring (bicyclic) bond motifs is 18. The first-order valence-corrected chi connectivity index (χ1v) is 33.5. The Labute approximate surface area is 566 Å². The van der Waals surface area contributed by atoms with Crippen LogP contribution in [-0.2, 0) is 56.4 Å². The number of rotatable bonds is 1. The van der Waals surface area contributed by atoms with E-state index in [1.807, 2.05) is 24.3 Å². The highest BCUT2D eigenvalue weighted by atomic mass is 16.3. The molecular weight excluding hydrogens is 1190 g/mol. The Morgan fingerprint density at radius 3 is 1.56 bits per heavy atom. The van der Waals surface area contributed by atoms with Crippen molar-refractivity contribution in [3.05, 3.63) is 251 Å². The highest BCUT2D eigenvalue weighted by molar-refractivity contribution is 6.13. The minimum Gasteiger partial charge on any atom is -0.454 e. The second-order valence-electron chi connectivity index (χ2n) is 26.5. The predicted octanol–water partition coefficient (Wildman–Crippen LogP) is 20.0. The molecule has 0 unspecified atom stereocenters. The lowest BCUT2D eigenvalue weighted by molar-refractivity contribution is 0.660. The molecule has 0 radical (unpaired) electrons. The van der Waals surface area contributed by atoms with Crippen molar-refractivity contribution >= 4 is 116 Å². The molecule has 13 nitrogen and oxygen atoms in total. The van der Waals surface area contributed by atoms with E-state index in [9.17, 15) is 0 Å². The number of para-hydroxylation sites is 6. The lowest BCUT2D eigenvalue weighted by Gasteiger charge is -2.06. The van der Waals surface area contributed by atoms with Crippen molar-refractivity contribution < 1.29 is 4.42 Å². The Hall–Kier alpha value is -11.1. The van der Waals surface area contributed by atoms with Crippen LogP contribution in [0.25, 0.3) is 127 Å². The second-order valence-corrected chi connectivity index (χ2v) is 26.5. The number of benzene rings is 7. The van der Waals surface area contributed by atoms with Crippen LogP contribution in [0.3, 0.4) is 0 Å². The van der Waals surface area contributed by atoms with Crippen LogP contribution in [0.2, 0.25) is 0 Å². The Morgan fingerprint density at radius 1 is 0.330 bits per heavy atom. The Morgan fingerprint density at radius 2 is 0.856 bits per heavy atom. The molecule has 0 aliphatic heterocycles. The monoisotopic (exact) mass is 1280 g/mol. The summed E-state index contributed by atoms with van der Waals surface area (Å²) in [5.41, 5.74) is 31.7. The summed E-state index contributed by atoms with van der Waals surface area (Å²) in [6, 6.07) is 63.5. The molecule has 13 heteroatoms. The molecule has 0 fully saturated rings. The van der Waals surface area contributed by atoms with Gasteiger partial charge in [0, 0.05) is 146 Å². The summed E-state index contributed by atoms with van der Waals surface area (Å²) in [6.45, 7) is 23.8. The van der Waals surface area contributed by atoms with Gasteiger partial charge in [0.1, 0.15) is 22.5 Å². The smallest absolute Gasteiger partial charge is 0.215 e. The number of imidazole rings is 4. The Kier molecular flexibility index (Phi) is 15.9. The van der Waals surface area contributed by atoms with E-state index in [1.54, 1.807) is 0 Å². The van der Waals surface area contributed by atoms with Crippen LogP contribution < -0.4 is 0 Å². The van der Waals surface area contributed by atoms with E-state index in [1.165, 1.54) is 161 Å². The standard InChI is InChI=1S/C18H15NO.2C14H16N2.2C13H14N2.C12H13N3/c1-12-18-16(14-10-6-7-11-15(14)20-18)17(19(12)2)13-8-4-3-5-9-13;1-9-10(2)15(3)14-11-7-5-6-8-12(11)16(4)13(9)14;1-9-10(2)15(3)14-13(9)11-7-5-6-8-12(11)16(14)4;1-9-10(2)15-8-11-6-4-5-7-12(11)13(15)14(9)3;1-9-10(2)15-12-7-5-4-6-11(12)8-13(15)14(9)3;1-8-9(2)15-11-7-5-4-6-10(11)13-12(15)14(8)3/h3-11H,1-2H3;2*5-8H,1-4H3;2*4-8H,1-3H3;4-7H,1-3H3. The fourth-order valence-corrected chi connectivity index (χ4v) is 15.2. The van der Waals surface area contributed by atoms with Gasteiger partial charge in [-0.2, -0.15) is 0 Å². The normalized spacial score (nSPS) is 11.7. The maximum atomic E-state index is 6.05. The van der Waals surface area contributed by atoms with E-state index in [0.29, 0.717) is 0 Å². The third kappa shape index (κ3) is 9.90. The fraction of sp³-hybridized carbons (Fsp3) is 0.226. The highest BCUT2D eigenvalue weighted by Crippen LogP contribution is 2.41. The van der Waals surface area contributed by atoms with Crippen LogP contribution in [0.1, 0.15) is 62.4 Å². The van der Waals surface area contributed by atoms with Crippen LogP contribution >= 0.6 is 0 Å². The van der Waals surface area contributed by atoms with E-state index >= 15 is 0 Å². The Balaban J connectivity index is 0.000000100. The summed E-state index contributed by atoms with van der Waals surface area (Å²) in [6.07, 6.45) is 2.22. The average molecular weight is 1280 g/mol. The van der Waals surface area contributed by atoms with Gasteiger partial charge in [-0.15, -0.1) is 0 Å². The second kappa shape index (κ2) is 24.3. The van der Waals surface area contributed by atoms with Gasteiger partial charge in [-0.25, -0.2) is 4.98 Å². The molecular formula is C84H88N12O. The molecule has 0 amide bonds. The zero-order valence-corrected chi connectivity index (χ0v) is 59.7. The molecule has 19 rings (SSSR count). The molecule has 0 N–H and O–H groups in total. The quantitative estimate of drug-likeness (QED) is 0.164. The molecule has 7 aromatic carbocycles. The van der Waals surface area contributed by atoms with Crippen LogP contribution in [0.4, 0.5) is 0 Å². The van der Waals surface area contributed by atoms with Crippen molar-refractivity contribution in [2.75, 3.05) is 0 Å². The van der Waals surface area contributed by atoms with Crippen molar-refractivity contribution in [3.8, 4) is 11.3 Å². The highest BCUT2D eigenvalue weighted by Gasteiger charge is 2.22. The van der Waals surface area contributed by atoms with Gasteiger partial charge < -0.3 is 45.4 Å². The van der Waals surface area contributed by atoms with Gasteiger partial charge in [0.2, 0.25) is 5.78 Å². The average Bonchev–Trinajstić information content (AvgIpc) is 1.58. The number of nitrogens with zero attached hydrogens (tertiary/aromatic N) is 12. The molecule has 0 spiro atoms. The summed E-state index contributed by atoms with van der Waals surface area (Å²) in [4.78, 5) is 4.62. The minimum atomic E-state index is 0.957. The molecule has 0 aliphatic carbocycles. The van der Waals surface area contributed by atoms with Crippen LogP contribution in [0.15, 0.2) is 193 Å². The molecule has 0 saturated carbocycles. The summed E-state index contributed by atoms with van der Waals surface area (Å²) in [5.74, 6) is 1.02. The lowest BCUT2D eigenvalue weighted by atomic mass is 10.1. The molecule has 12 heterocycles. The number of hydrogen-bond acceptors (Lipinski definition) is 2. The van der Waals surface area contributed by atoms with Gasteiger partial charge >= 0.3 is 0 Å². The van der Waals surface area contributed by atoms with E-state index < -0.39 is 0 Å². The largest absolute Gasteiger partial charge is 0.454 e. The summed E-state index contributed by atoms with van der Waals surface area (Å²) in [7, 11) is 17.0. The van der Waals surface area contributed by atoms with Crippen LogP contribution in [0, 0.1) is 76.2 Å². The maximum absolute atomic E-state index is 6.05. The summed E-state index contributed by atoms with van der Waals surface area (Å²) < 4.78 is 30.9. The number of hydrogen-bond donors (Lipinski definition) is 0. The fourth-order valence-electron chi connectivity index (χ4n) is 15.2. The SMILES string of the molecule is Cc1c(C)n(C)c2c1c1ccccc1n2C.Cc1c(C)n(C)c2c3ccccc3n(C)c12.Cc1c(C)n2c3ccccc3cc2n1C.Cc1c(C)n2c3ccccc3nc2n1C.Cc1c(C)n2cc3ccccc3c2n1C.Cc1c2oc3ccccc3c2c(-c2ccccc2)n1C. The molecule has 0 bridgehead atoms. The molecule has 0 atom stereocenters. The molecule has 490 valence electrons. The first-order chi connectivity index (χ1) is 46.6. The van der Waals surface area contributed by atoms with Gasteiger partial charge in [0.15, 0.2) is 5.58 Å². The molecule has 19 aromatic rings.